The molecular weight excluding hydrogens is 423 g/mol. The third kappa shape index (κ3) is 7.42. The van der Waals surface area contributed by atoms with Crippen LogP contribution in [0.15, 0.2) is 42.5 Å². The van der Waals surface area contributed by atoms with Gasteiger partial charge in [-0.2, -0.15) is 0 Å². The van der Waals surface area contributed by atoms with Gasteiger partial charge in [0.15, 0.2) is 0 Å². The van der Waals surface area contributed by atoms with Crippen molar-refractivity contribution in [2.45, 2.75) is 40.5 Å². The third-order valence-corrected chi connectivity index (χ3v) is 5.89. The second-order valence-electron chi connectivity index (χ2n) is 7.11. The molecular formula is C24H30Cl2O2S. The lowest BCUT2D eigenvalue weighted by atomic mass is 9.90. The van der Waals surface area contributed by atoms with Crippen LogP contribution in [0.1, 0.15) is 43.7 Å². The molecule has 0 spiro atoms. The van der Waals surface area contributed by atoms with Gasteiger partial charge in [-0.15, -0.1) is 11.3 Å². The number of carbonyl (C=O) groups excluding carboxylic acids is 1. The van der Waals surface area contributed by atoms with E-state index in [4.69, 9.17) is 23.2 Å². The second kappa shape index (κ2) is 12.3. The molecule has 0 saturated heterocycles. The van der Waals surface area contributed by atoms with Gasteiger partial charge in [0.05, 0.1) is 0 Å². The van der Waals surface area contributed by atoms with Crippen LogP contribution < -0.4 is 0 Å². The summed E-state index contributed by atoms with van der Waals surface area (Å²) in [6.45, 7) is 7.93. The average Bonchev–Trinajstić information content (AvgIpc) is 3.09. The number of hydrogen-bond acceptors (Lipinski definition) is 3. The zero-order chi connectivity index (χ0) is 22.0. The summed E-state index contributed by atoms with van der Waals surface area (Å²) in [5.74, 6) is 0. The van der Waals surface area contributed by atoms with E-state index in [1.807, 2.05) is 45.9 Å². The maximum Gasteiger partial charge on any atom is 0.125 e. The molecule has 0 saturated carbocycles. The number of benzene rings is 2. The molecule has 1 heterocycles. The quantitative estimate of drug-likeness (QED) is 0.368. The van der Waals surface area contributed by atoms with Crippen LogP contribution in [0.3, 0.4) is 0 Å². The van der Waals surface area contributed by atoms with E-state index in [-0.39, 0.29) is 5.41 Å². The first-order valence-electron chi connectivity index (χ1n) is 9.61. The number of hydrogen-bond donors (Lipinski definition) is 0. The zero-order valence-corrected chi connectivity index (χ0v) is 20.3. The van der Waals surface area contributed by atoms with E-state index in [2.05, 4.69) is 29.0 Å². The number of rotatable bonds is 5. The van der Waals surface area contributed by atoms with Crippen LogP contribution in [0.2, 0.25) is 10.0 Å². The fourth-order valence-corrected chi connectivity index (χ4v) is 4.68. The topological polar surface area (TPSA) is 26.3 Å². The molecule has 0 aliphatic heterocycles. The Morgan fingerprint density at radius 1 is 1.03 bits per heavy atom. The maximum atomic E-state index is 11.2. The molecule has 3 aromatic rings. The number of aldehydes is 1. The van der Waals surface area contributed by atoms with Crippen LogP contribution in [0.4, 0.5) is 0 Å². The molecule has 0 radical (unpaired) electrons. The molecule has 0 atom stereocenters. The van der Waals surface area contributed by atoms with Crippen molar-refractivity contribution in [3.05, 3.63) is 68.5 Å². The minimum Gasteiger partial charge on any atom is -0.388 e. The number of ether oxygens (including phenoxy) is 1. The van der Waals surface area contributed by atoms with Gasteiger partial charge in [0.1, 0.15) is 6.29 Å². The summed E-state index contributed by atoms with van der Waals surface area (Å²) in [5.41, 5.74) is 1.82. The van der Waals surface area contributed by atoms with Crippen LogP contribution in [0, 0.1) is 5.41 Å². The van der Waals surface area contributed by atoms with Crippen molar-refractivity contribution in [3.63, 3.8) is 0 Å². The van der Waals surface area contributed by atoms with Crippen molar-refractivity contribution >= 4 is 50.9 Å². The summed E-state index contributed by atoms with van der Waals surface area (Å²) in [6, 6.07) is 14.1. The van der Waals surface area contributed by atoms with E-state index >= 15 is 0 Å². The smallest absolute Gasteiger partial charge is 0.125 e. The minimum atomic E-state index is -0.340. The molecule has 1 aromatic heterocycles. The first-order valence-corrected chi connectivity index (χ1v) is 11.2. The Kier molecular flexibility index (Phi) is 10.9. The van der Waals surface area contributed by atoms with E-state index in [9.17, 15) is 4.79 Å². The average molecular weight is 453 g/mol. The van der Waals surface area contributed by atoms with Gasteiger partial charge in [-0.05, 0) is 47.2 Å². The zero-order valence-electron chi connectivity index (χ0n) is 18.0. The first kappa shape index (κ1) is 25.6. The summed E-state index contributed by atoms with van der Waals surface area (Å²) < 4.78 is 5.48. The lowest BCUT2D eigenvalue weighted by Gasteiger charge is -2.14. The molecule has 0 N–H and O–H groups in total. The lowest BCUT2D eigenvalue weighted by Crippen LogP contribution is -2.15. The molecule has 0 bridgehead atoms. The van der Waals surface area contributed by atoms with Gasteiger partial charge >= 0.3 is 0 Å². The van der Waals surface area contributed by atoms with Crippen molar-refractivity contribution in [3.8, 4) is 0 Å². The van der Waals surface area contributed by atoms with Gasteiger partial charge in [0, 0.05) is 45.7 Å². The molecule has 3 rings (SSSR count). The predicted molar refractivity (Wildman–Crippen MR) is 129 cm³/mol. The Morgan fingerprint density at radius 3 is 2.14 bits per heavy atom. The molecule has 5 heteroatoms. The Hall–Kier alpha value is -1.39. The highest BCUT2D eigenvalue weighted by molar-refractivity contribution is 7.19. The lowest BCUT2D eigenvalue weighted by molar-refractivity contribution is -0.114. The maximum absolute atomic E-state index is 11.2. The van der Waals surface area contributed by atoms with E-state index in [1.165, 1.54) is 20.5 Å². The summed E-state index contributed by atoms with van der Waals surface area (Å²) in [7, 11) is 3.25. The van der Waals surface area contributed by atoms with Gasteiger partial charge < -0.3 is 9.53 Å². The van der Waals surface area contributed by atoms with Crippen molar-refractivity contribution in [2.24, 2.45) is 5.41 Å². The summed E-state index contributed by atoms with van der Waals surface area (Å²) >= 11 is 14.4. The van der Waals surface area contributed by atoms with Crippen molar-refractivity contribution in [1.29, 1.82) is 0 Å². The second-order valence-corrected chi connectivity index (χ2v) is 9.09. The fourth-order valence-electron chi connectivity index (χ4n) is 2.80. The van der Waals surface area contributed by atoms with Crippen LogP contribution in [0.25, 0.3) is 10.1 Å². The van der Waals surface area contributed by atoms with Gasteiger partial charge in [-0.25, -0.2) is 0 Å². The molecule has 0 amide bonds. The van der Waals surface area contributed by atoms with Gasteiger partial charge in [0.2, 0.25) is 0 Å². The number of halogens is 2. The Bertz CT molecular complexity index is 896. The molecule has 0 unspecified atom stereocenters. The Balaban J connectivity index is 0.000000771. The molecule has 2 aromatic carbocycles. The van der Waals surface area contributed by atoms with Crippen LogP contribution in [0.5, 0.6) is 0 Å². The SMILES string of the molecule is CC.CC(C)(C=O)Cc1cc2c(Cc3c(Cl)cccc3Cl)cccc2s1.COC. The van der Waals surface area contributed by atoms with Gasteiger partial charge in [-0.1, -0.05) is 69.1 Å². The van der Waals surface area contributed by atoms with E-state index in [0.717, 1.165) is 18.3 Å². The highest BCUT2D eigenvalue weighted by Crippen LogP contribution is 2.35. The molecule has 0 aliphatic carbocycles. The summed E-state index contributed by atoms with van der Waals surface area (Å²) in [5, 5.41) is 2.60. The number of fused-ring (bicyclic) bond motifs is 1. The monoisotopic (exact) mass is 452 g/mol. The fraction of sp³-hybridized carbons (Fsp3) is 0.375. The van der Waals surface area contributed by atoms with Gasteiger partial charge in [-0.3, -0.25) is 0 Å². The number of thiophene rings is 1. The molecule has 0 aliphatic rings. The van der Waals surface area contributed by atoms with Gasteiger partial charge in [0.25, 0.3) is 0 Å². The normalized spacial score (nSPS) is 10.6. The first-order chi connectivity index (χ1) is 13.8. The minimum absolute atomic E-state index is 0.340. The van der Waals surface area contributed by atoms with Crippen LogP contribution in [-0.4, -0.2) is 20.5 Å². The highest BCUT2D eigenvalue weighted by Gasteiger charge is 2.19. The molecule has 29 heavy (non-hydrogen) atoms. The standard InChI is InChI=1S/C20H18Cl2OS.C2H6O.C2H6/c1-20(2,12-23)11-14-10-15-13(5-3-8-19(15)24-14)9-16-17(21)6-4-7-18(16)22;1-3-2;1-2/h3-8,10,12H,9,11H2,1-2H3;1-2H3;1-2H3. The predicted octanol–water partition coefficient (Wildman–Crippen LogP) is 7.86. The van der Waals surface area contributed by atoms with Crippen LogP contribution in [-0.2, 0) is 22.4 Å². The largest absolute Gasteiger partial charge is 0.388 e. The Labute approximate surface area is 188 Å². The summed E-state index contributed by atoms with van der Waals surface area (Å²) in [4.78, 5) is 12.4. The van der Waals surface area contributed by atoms with Crippen molar-refractivity contribution in [1.82, 2.24) is 0 Å². The summed E-state index contributed by atoms with van der Waals surface area (Å²) in [6.07, 6.45) is 2.48. The van der Waals surface area contributed by atoms with E-state index in [0.29, 0.717) is 16.5 Å². The third-order valence-electron chi connectivity index (χ3n) is 4.08. The molecule has 0 fully saturated rings. The van der Waals surface area contributed by atoms with E-state index in [1.54, 1.807) is 25.6 Å². The number of methoxy groups -OCH3 is 1. The number of carbonyl (C=O) groups is 1. The van der Waals surface area contributed by atoms with Crippen molar-refractivity contribution in [2.75, 3.05) is 14.2 Å². The van der Waals surface area contributed by atoms with Crippen LogP contribution >= 0.6 is 34.5 Å². The van der Waals surface area contributed by atoms with Crippen molar-refractivity contribution < 1.29 is 9.53 Å². The highest BCUT2D eigenvalue weighted by atomic mass is 35.5. The molecule has 158 valence electrons. The Morgan fingerprint density at radius 2 is 1.59 bits per heavy atom. The molecule has 2 nitrogen and oxygen atoms in total. The van der Waals surface area contributed by atoms with E-state index < -0.39 is 0 Å².